The van der Waals surface area contributed by atoms with Crippen LogP contribution in [0.1, 0.15) is 15.9 Å². The molecule has 4 aromatic carbocycles. The van der Waals surface area contributed by atoms with Gasteiger partial charge in [-0.15, -0.1) is 23.1 Å². The molecule has 0 aliphatic heterocycles. The van der Waals surface area contributed by atoms with Crippen molar-refractivity contribution in [2.45, 2.75) is 4.90 Å². The minimum Gasteiger partial charge on any atom is -0.321 e. The third-order valence-corrected chi connectivity index (χ3v) is 8.39. The molecular formula is C33H24Cl2N4O3S2. The van der Waals surface area contributed by atoms with Gasteiger partial charge in [-0.1, -0.05) is 83.9 Å². The second kappa shape index (κ2) is 14.9. The van der Waals surface area contributed by atoms with Gasteiger partial charge in [-0.25, -0.2) is 4.98 Å². The quantitative estimate of drug-likeness (QED) is 0.104. The molecule has 0 atom stereocenters. The first-order valence-electron chi connectivity index (χ1n) is 13.2. The average Bonchev–Trinajstić information content (AvgIpc) is 3.50. The van der Waals surface area contributed by atoms with E-state index in [0.29, 0.717) is 32.0 Å². The summed E-state index contributed by atoms with van der Waals surface area (Å²) in [5.41, 5.74) is 3.13. The van der Waals surface area contributed by atoms with Gasteiger partial charge in [-0.2, -0.15) is 0 Å². The third-order valence-electron chi connectivity index (χ3n) is 6.07. The zero-order valence-electron chi connectivity index (χ0n) is 22.9. The number of amides is 3. The molecule has 5 rings (SSSR count). The Morgan fingerprint density at radius 3 is 2.34 bits per heavy atom. The van der Waals surface area contributed by atoms with Crippen LogP contribution >= 0.6 is 46.3 Å². The van der Waals surface area contributed by atoms with Crippen LogP contribution in [-0.2, 0) is 9.59 Å². The minimum absolute atomic E-state index is 0.0150. The summed E-state index contributed by atoms with van der Waals surface area (Å²) in [6.07, 6.45) is 1.49. The Kier molecular flexibility index (Phi) is 10.5. The van der Waals surface area contributed by atoms with Gasteiger partial charge in [-0.05, 0) is 54.1 Å². The third kappa shape index (κ3) is 8.58. The van der Waals surface area contributed by atoms with E-state index in [9.17, 15) is 14.4 Å². The normalized spacial score (nSPS) is 11.1. The molecule has 0 bridgehead atoms. The minimum atomic E-state index is -0.557. The number of carbonyl (C=O) groups excluding carboxylic acids is 3. The van der Waals surface area contributed by atoms with Crippen LogP contribution in [0, 0.1) is 0 Å². The highest BCUT2D eigenvalue weighted by atomic mass is 35.5. The Balaban J connectivity index is 1.24. The van der Waals surface area contributed by atoms with E-state index < -0.39 is 11.8 Å². The van der Waals surface area contributed by atoms with Gasteiger partial charge in [-0.3, -0.25) is 14.4 Å². The summed E-state index contributed by atoms with van der Waals surface area (Å²) in [7, 11) is 0. The van der Waals surface area contributed by atoms with Crippen molar-refractivity contribution < 1.29 is 14.4 Å². The molecule has 0 saturated carbocycles. The topological polar surface area (TPSA) is 100 Å². The maximum absolute atomic E-state index is 13.4. The summed E-state index contributed by atoms with van der Waals surface area (Å²) in [5, 5.41) is 11.5. The Hall–Kier alpha value is -4.41. The number of aromatic nitrogens is 1. The second-order valence-electron chi connectivity index (χ2n) is 9.27. The van der Waals surface area contributed by atoms with Crippen LogP contribution in [0.5, 0.6) is 0 Å². The van der Waals surface area contributed by atoms with Crippen LogP contribution in [0.2, 0.25) is 10.0 Å². The summed E-state index contributed by atoms with van der Waals surface area (Å²) in [5.74, 6) is -1.07. The van der Waals surface area contributed by atoms with Crippen molar-refractivity contribution in [3.05, 3.63) is 135 Å². The van der Waals surface area contributed by atoms with Crippen molar-refractivity contribution in [2.24, 2.45) is 0 Å². The number of thiazole rings is 1. The highest BCUT2D eigenvalue weighted by Gasteiger charge is 2.16. The van der Waals surface area contributed by atoms with Crippen LogP contribution in [-0.4, -0.2) is 28.5 Å². The molecule has 3 amide bonds. The molecule has 0 spiro atoms. The van der Waals surface area contributed by atoms with Gasteiger partial charge < -0.3 is 16.0 Å². The molecule has 220 valence electrons. The molecular weight excluding hydrogens is 635 g/mol. The van der Waals surface area contributed by atoms with Crippen molar-refractivity contribution in [1.29, 1.82) is 0 Å². The highest BCUT2D eigenvalue weighted by molar-refractivity contribution is 8.00. The number of anilines is 2. The number of carbonyl (C=O) groups is 3. The number of thioether (sulfide) groups is 1. The van der Waals surface area contributed by atoms with E-state index in [1.165, 1.54) is 29.2 Å². The van der Waals surface area contributed by atoms with Gasteiger partial charge in [0.25, 0.3) is 11.8 Å². The Morgan fingerprint density at radius 2 is 1.59 bits per heavy atom. The zero-order chi connectivity index (χ0) is 30.9. The van der Waals surface area contributed by atoms with Crippen LogP contribution in [0.15, 0.2) is 119 Å². The van der Waals surface area contributed by atoms with Gasteiger partial charge in [0.2, 0.25) is 5.91 Å². The Labute approximate surface area is 272 Å². The lowest BCUT2D eigenvalue weighted by molar-refractivity contribution is -0.114. The molecule has 44 heavy (non-hydrogen) atoms. The molecule has 7 nitrogen and oxygen atoms in total. The molecule has 3 N–H and O–H groups in total. The first kappa shape index (κ1) is 31.0. The van der Waals surface area contributed by atoms with Crippen molar-refractivity contribution >= 4 is 80.9 Å². The van der Waals surface area contributed by atoms with E-state index in [1.54, 1.807) is 66.7 Å². The maximum Gasteiger partial charge on any atom is 0.272 e. The van der Waals surface area contributed by atoms with E-state index in [-0.39, 0.29) is 17.4 Å². The fourth-order valence-corrected chi connectivity index (χ4v) is 5.91. The summed E-state index contributed by atoms with van der Waals surface area (Å²) < 4.78 is 0. The molecule has 0 radical (unpaired) electrons. The van der Waals surface area contributed by atoms with Gasteiger partial charge in [0.15, 0.2) is 5.13 Å². The van der Waals surface area contributed by atoms with Crippen LogP contribution < -0.4 is 16.0 Å². The summed E-state index contributed by atoms with van der Waals surface area (Å²) in [6, 6.07) is 30.2. The smallest absolute Gasteiger partial charge is 0.272 e. The molecule has 0 unspecified atom stereocenters. The molecule has 0 saturated heterocycles. The number of hydrogen-bond donors (Lipinski definition) is 3. The number of halogens is 2. The first-order valence-corrected chi connectivity index (χ1v) is 15.8. The largest absolute Gasteiger partial charge is 0.321 e. The van der Waals surface area contributed by atoms with Crippen molar-refractivity contribution in [2.75, 3.05) is 16.4 Å². The van der Waals surface area contributed by atoms with E-state index >= 15 is 0 Å². The molecule has 0 fully saturated rings. The molecule has 1 heterocycles. The molecule has 11 heteroatoms. The van der Waals surface area contributed by atoms with Crippen molar-refractivity contribution in [1.82, 2.24) is 10.3 Å². The van der Waals surface area contributed by atoms with Crippen LogP contribution in [0.3, 0.4) is 0 Å². The maximum atomic E-state index is 13.4. The van der Waals surface area contributed by atoms with E-state index in [4.69, 9.17) is 23.2 Å². The first-order chi connectivity index (χ1) is 21.3. The van der Waals surface area contributed by atoms with Crippen LogP contribution in [0.4, 0.5) is 10.8 Å². The van der Waals surface area contributed by atoms with Gasteiger partial charge in [0.05, 0.1) is 11.4 Å². The number of nitrogens with one attached hydrogen (secondary N) is 3. The van der Waals surface area contributed by atoms with Crippen molar-refractivity contribution in [3.63, 3.8) is 0 Å². The predicted octanol–water partition coefficient (Wildman–Crippen LogP) is 8.26. The summed E-state index contributed by atoms with van der Waals surface area (Å²) in [4.78, 5) is 44.2. The monoisotopic (exact) mass is 658 g/mol. The van der Waals surface area contributed by atoms with Gasteiger partial charge in [0.1, 0.15) is 5.70 Å². The molecule has 0 aliphatic rings. The SMILES string of the molecule is O=C(CSc1cccc(NC(=O)/C(=C\c2ccc(Cl)cc2Cl)NC(=O)c2ccccc2)c1)Nc1nc(-c2ccccc2)cs1. The fraction of sp³-hybridized carbons (Fsp3) is 0.0303. The van der Waals surface area contributed by atoms with Gasteiger partial charge in [0, 0.05) is 37.1 Å². The second-order valence-corrected chi connectivity index (χ2v) is 12.0. The summed E-state index contributed by atoms with van der Waals surface area (Å²) >= 11 is 15.0. The Bertz CT molecular complexity index is 1830. The van der Waals surface area contributed by atoms with Gasteiger partial charge >= 0.3 is 0 Å². The molecule has 0 aliphatic carbocycles. The highest BCUT2D eigenvalue weighted by Crippen LogP contribution is 2.27. The van der Waals surface area contributed by atoms with E-state index in [1.807, 2.05) is 41.8 Å². The lowest BCUT2D eigenvalue weighted by atomic mass is 10.1. The van der Waals surface area contributed by atoms with Crippen LogP contribution in [0.25, 0.3) is 17.3 Å². The Morgan fingerprint density at radius 1 is 0.841 bits per heavy atom. The average molecular weight is 660 g/mol. The number of rotatable bonds is 10. The standard InChI is InChI=1S/C33H24Cl2N4O3S2/c34-24-15-14-23(27(35)17-24)16-28(37-31(41)22-10-5-2-6-11-22)32(42)36-25-12-7-13-26(18-25)43-20-30(40)39-33-38-29(19-44-33)21-8-3-1-4-9-21/h1-19H,20H2,(H,36,42)(H,37,41)(H,38,39,40)/b28-16+. The lowest BCUT2D eigenvalue weighted by Gasteiger charge is -2.12. The fourth-order valence-electron chi connectivity index (χ4n) is 3.96. The summed E-state index contributed by atoms with van der Waals surface area (Å²) in [6.45, 7) is 0. The van der Waals surface area contributed by atoms with E-state index in [2.05, 4.69) is 20.9 Å². The molecule has 1 aromatic heterocycles. The molecule has 5 aromatic rings. The zero-order valence-corrected chi connectivity index (χ0v) is 26.1. The van der Waals surface area contributed by atoms with E-state index in [0.717, 1.165) is 16.2 Å². The van der Waals surface area contributed by atoms with Crippen molar-refractivity contribution in [3.8, 4) is 11.3 Å². The lowest BCUT2D eigenvalue weighted by Crippen LogP contribution is -2.30. The number of nitrogens with zero attached hydrogens (tertiary/aromatic N) is 1. The number of benzene rings is 4. The predicted molar refractivity (Wildman–Crippen MR) is 180 cm³/mol. The number of hydrogen-bond acceptors (Lipinski definition) is 6.